The van der Waals surface area contributed by atoms with Crippen LogP contribution in [0.2, 0.25) is 0 Å². The number of rotatable bonds is 4. The van der Waals surface area contributed by atoms with Gasteiger partial charge in [0.05, 0.1) is 5.25 Å². The maximum atomic E-state index is 11.0. The molecule has 2 unspecified atom stereocenters. The first-order valence-electron chi connectivity index (χ1n) is 5.05. The van der Waals surface area contributed by atoms with Crippen LogP contribution in [-0.2, 0) is 10.1 Å². The van der Waals surface area contributed by atoms with E-state index in [1.54, 1.807) is 13.0 Å². The molecular weight excluding hydrogens is 224 g/mol. The number of benzene rings is 1. The fourth-order valence-electron chi connectivity index (χ4n) is 1.46. The van der Waals surface area contributed by atoms with Gasteiger partial charge in [0.1, 0.15) is 0 Å². The Morgan fingerprint density at radius 2 is 1.75 bits per heavy atom. The summed E-state index contributed by atoms with van der Waals surface area (Å²) < 4.78 is 31.0. The van der Waals surface area contributed by atoms with Crippen molar-refractivity contribution < 1.29 is 13.0 Å². The lowest BCUT2D eigenvalue weighted by molar-refractivity contribution is 0.461. The summed E-state index contributed by atoms with van der Waals surface area (Å²) in [5, 5.41) is -0.804. The lowest BCUT2D eigenvalue weighted by Gasteiger charge is -2.17. The van der Waals surface area contributed by atoms with Gasteiger partial charge in [0.15, 0.2) is 0 Å². The van der Waals surface area contributed by atoms with Gasteiger partial charge < -0.3 is 0 Å². The second-order valence-corrected chi connectivity index (χ2v) is 5.65. The fourth-order valence-corrected chi connectivity index (χ4v) is 2.14. The number of hydrogen-bond acceptors (Lipinski definition) is 2. The highest BCUT2D eigenvalue weighted by Gasteiger charge is 2.25. The number of hydrogen-bond donors (Lipinski definition) is 1. The van der Waals surface area contributed by atoms with Gasteiger partial charge in [-0.15, -0.1) is 0 Å². The highest BCUT2D eigenvalue weighted by molar-refractivity contribution is 7.86. The van der Waals surface area contributed by atoms with E-state index in [0.29, 0.717) is 0 Å². The zero-order valence-corrected chi connectivity index (χ0v) is 10.2. The van der Waals surface area contributed by atoms with Crippen LogP contribution >= 0.6 is 0 Å². The third kappa shape index (κ3) is 2.93. The zero-order chi connectivity index (χ0) is 12.3. The highest BCUT2D eigenvalue weighted by atomic mass is 32.2. The molecule has 0 amide bonds. The van der Waals surface area contributed by atoms with Gasteiger partial charge in [0.25, 0.3) is 10.1 Å². The van der Waals surface area contributed by atoms with Crippen LogP contribution < -0.4 is 0 Å². The van der Waals surface area contributed by atoms with Crippen molar-refractivity contribution in [2.24, 2.45) is 0 Å². The molecule has 0 aliphatic carbocycles. The molecule has 0 heterocycles. The van der Waals surface area contributed by atoms with E-state index in [1.165, 1.54) is 6.92 Å². The average Bonchev–Trinajstić information content (AvgIpc) is 2.26. The van der Waals surface area contributed by atoms with Crippen molar-refractivity contribution in [2.75, 3.05) is 0 Å². The minimum absolute atomic E-state index is 0.242. The van der Waals surface area contributed by atoms with E-state index >= 15 is 0 Å². The Morgan fingerprint density at radius 3 is 2.12 bits per heavy atom. The third-order valence-electron chi connectivity index (χ3n) is 2.87. The molecule has 0 radical (unpaired) electrons. The summed E-state index contributed by atoms with van der Waals surface area (Å²) in [6.07, 6.45) is 1.72. The first-order chi connectivity index (χ1) is 7.36. The lowest BCUT2D eigenvalue weighted by atomic mass is 9.97. The molecule has 0 saturated heterocycles. The van der Waals surface area contributed by atoms with E-state index in [-0.39, 0.29) is 5.92 Å². The van der Waals surface area contributed by atoms with Crippen molar-refractivity contribution in [1.82, 2.24) is 0 Å². The molecule has 4 heteroatoms. The van der Waals surface area contributed by atoms with Crippen LogP contribution in [0.25, 0.3) is 6.08 Å². The lowest BCUT2D eigenvalue weighted by Crippen LogP contribution is -2.22. The summed E-state index contributed by atoms with van der Waals surface area (Å²) in [6, 6.07) is 7.44. The van der Waals surface area contributed by atoms with Gasteiger partial charge >= 0.3 is 0 Å². The standard InChI is InChI=1S/C12H16O3S/c1-4-11-5-7-12(8-6-11)9(2)10(3)16(13,14)15/h4-10H,1H2,2-3H3,(H,13,14,15). The average molecular weight is 240 g/mol. The van der Waals surface area contributed by atoms with Crippen LogP contribution in [0.5, 0.6) is 0 Å². The maximum absolute atomic E-state index is 11.0. The molecule has 16 heavy (non-hydrogen) atoms. The zero-order valence-electron chi connectivity index (χ0n) is 9.42. The molecule has 0 saturated carbocycles. The molecule has 0 fully saturated rings. The fraction of sp³-hybridized carbons (Fsp3) is 0.333. The van der Waals surface area contributed by atoms with Gasteiger partial charge in [0, 0.05) is 0 Å². The van der Waals surface area contributed by atoms with Crippen molar-refractivity contribution in [1.29, 1.82) is 0 Å². The molecule has 3 nitrogen and oxygen atoms in total. The molecule has 0 spiro atoms. The van der Waals surface area contributed by atoms with Crippen molar-refractivity contribution in [3.8, 4) is 0 Å². The second-order valence-electron chi connectivity index (χ2n) is 3.88. The molecule has 0 bridgehead atoms. The monoisotopic (exact) mass is 240 g/mol. The van der Waals surface area contributed by atoms with Crippen LogP contribution in [0.15, 0.2) is 30.8 Å². The molecule has 1 aromatic rings. The van der Waals surface area contributed by atoms with E-state index < -0.39 is 15.4 Å². The van der Waals surface area contributed by atoms with Gasteiger partial charge in [-0.1, -0.05) is 43.8 Å². The van der Waals surface area contributed by atoms with E-state index in [0.717, 1.165) is 11.1 Å². The Morgan fingerprint density at radius 1 is 1.25 bits per heavy atom. The van der Waals surface area contributed by atoms with Crippen molar-refractivity contribution in [3.63, 3.8) is 0 Å². The second kappa shape index (κ2) is 4.80. The van der Waals surface area contributed by atoms with E-state index in [2.05, 4.69) is 6.58 Å². The Balaban J connectivity index is 2.96. The van der Waals surface area contributed by atoms with Gasteiger partial charge in [-0.05, 0) is 24.0 Å². The normalized spacial score (nSPS) is 15.4. The Hall–Kier alpha value is -1.13. The van der Waals surface area contributed by atoms with Crippen LogP contribution in [0.1, 0.15) is 30.9 Å². The predicted molar refractivity (Wildman–Crippen MR) is 66.0 cm³/mol. The Labute approximate surface area is 96.6 Å². The molecule has 2 atom stereocenters. The molecule has 1 aromatic carbocycles. The van der Waals surface area contributed by atoms with E-state index in [1.807, 2.05) is 24.3 Å². The summed E-state index contributed by atoms with van der Waals surface area (Å²) >= 11 is 0. The van der Waals surface area contributed by atoms with Crippen molar-refractivity contribution >= 4 is 16.2 Å². The minimum Gasteiger partial charge on any atom is -0.285 e. The van der Waals surface area contributed by atoms with Crippen LogP contribution in [0, 0.1) is 0 Å². The molecular formula is C12H16O3S. The Bertz CT molecular complexity index is 460. The van der Waals surface area contributed by atoms with Crippen LogP contribution in [0.4, 0.5) is 0 Å². The quantitative estimate of drug-likeness (QED) is 0.823. The predicted octanol–water partition coefficient (Wildman–Crippen LogP) is 2.71. The van der Waals surface area contributed by atoms with Crippen molar-refractivity contribution in [3.05, 3.63) is 42.0 Å². The summed E-state index contributed by atoms with van der Waals surface area (Å²) in [5.41, 5.74) is 1.87. The minimum atomic E-state index is -3.99. The van der Waals surface area contributed by atoms with Gasteiger partial charge in [-0.25, -0.2) is 0 Å². The molecule has 0 aliphatic heterocycles. The molecule has 1 N–H and O–H groups in total. The summed E-state index contributed by atoms with van der Waals surface area (Å²) in [6.45, 7) is 6.92. The molecule has 1 rings (SSSR count). The Kier molecular flexibility index (Phi) is 3.88. The first kappa shape index (κ1) is 12.9. The summed E-state index contributed by atoms with van der Waals surface area (Å²) in [5.74, 6) is -0.242. The topological polar surface area (TPSA) is 54.4 Å². The van der Waals surface area contributed by atoms with Gasteiger partial charge in [-0.2, -0.15) is 8.42 Å². The van der Waals surface area contributed by atoms with E-state index in [4.69, 9.17) is 4.55 Å². The SMILES string of the molecule is C=Cc1ccc(C(C)C(C)S(=O)(=O)O)cc1. The summed E-state index contributed by atoms with van der Waals surface area (Å²) in [7, 11) is -3.99. The van der Waals surface area contributed by atoms with E-state index in [9.17, 15) is 8.42 Å². The molecule has 0 aliphatic rings. The van der Waals surface area contributed by atoms with Crippen LogP contribution in [-0.4, -0.2) is 18.2 Å². The largest absolute Gasteiger partial charge is 0.285 e. The molecule has 88 valence electrons. The van der Waals surface area contributed by atoms with Crippen LogP contribution in [0.3, 0.4) is 0 Å². The van der Waals surface area contributed by atoms with Gasteiger partial charge in [-0.3, -0.25) is 4.55 Å². The highest BCUT2D eigenvalue weighted by Crippen LogP contribution is 2.23. The third-order valence-corrected chi connectivity index (χ3v) is 4.22. The summed E-state index contributed by atoms with van der Waals surface area (Å²) in [4.78, 5) is 0. The van der Waals surface area contributed by atoms with Gasteiger partial charge in [0.2, 0.25) is 0 Å². The first-order valence-corrected chi connectivity index (χ1v) is 6.55. The van der Waals surface area contributed by atoms with Crippen molar-refractivity contribution in [2.45, 2.75) is 25.0 Å². The smallest absolute Gasteiger partial charge is 0.268 e. The maximum Gasteiger partial charge on any atom is 0.268 e. The molecule has 0 aromatic heterocycles.